The highest BCUT2D eigenvalue weighted by molar-refractivity contribution is 7.19. The van der Waals surface area contributed by atoms with Crippen LogP contribution in [0, 0.1) is 30.6 Å². The first kappa shape index (κ1) is 23.7. The molecule has 0 fully saturated rings. The molecule has 0 N–H and O–H groups in total. The van der Waals surface area contributed by atoms with Crippen LogP contribution >= 0.6 is 11.3 Å². The van der Waals surface area contributed by atoms with Gasteiger partial charge in [0.1, 0.15) is 11.5 Å². The first-order valence-electron chi connectivity index (χ1n) is 12.3. The largest absolute Gasteiger partial charge is 0.497 e. The number of ether oxygens (including phenoxy) is 2. The van der Waals surface area contributed by atoms with E-state index in [1.54, 1.807) is 14.2 Å². The lowest BCUT2D eigenvalue weighted by molar-refractivity contribution is 0.414. The van der Waals surface area contributed by atoms with E-state index in [0.29, 0.717) is 0 Å². The van der Waals surface area contributed by atoms with Crippen LogP contribution < -0.4 is 9.47 Å². The molecular formula is C35H24O2S. The summed E-state index contributed by atoms with van der Waals surface area (Å²) >= 11 is 1.81. The molecule has 6 aromatic rings. The highest BCUT2D eigenvalue weighted by Gasteiger charge is 2.14. The molecule has 182 valence electrons. The van der Waals surface area contributed by atoms with Gasteiger partial charge < -0.3 is 9.47 Å². The van der Waals surface area contributed by atoms with Crippen LogP contribution in [0.5, 0.6) is 11.5 Å². The van der Waals surface area contributed by atoms with Gasteiger partial charge >= 0.3 is 0 Å². The number of fused-ring (bicyclic) bond motifs is 3. The minimum absolute atomic E-state index is 0.821. The monoisotopic (exact) mass is 508 g/mol. The third-order valence-corrected chi connectivity index (χ3v) is 7.64. The average molecular weight is 509 g/mol. The second-order valence-electron chi connectivity index (χ2n) is 9.05. The predicted molar refractivity (Wildman–Crippen MR) is 160 cm³/mol. The summed E-state index contributed by atoms with van der Waals surface area (Å²) in [5.41, 5.74) is 3.93. The summed E-state index contributed by atoms with van der Waals surface area (Å²) in [5.74, 6) is 15.5. The van der Waals surface area contributed by atoms with Crippen LogP contribution in [0.25, 0.3) is 31.6 Å². The molecule has 0 bridgehead atoms. The molecule has 2 nitrogen and oxygen atoms in total. The van der Waals surface area contributed by atoms with Crippen LogP contribution in [0.1, 0.15) is 27.1 Å². The topological polar surface area (TPSA) is 18.5 Å². The van der Waals surface area contributed by atoms with Crippen molar-refractivity contribution in [1.82, 2.24) is 0 Å². The summed E-state index contributed by atoms with van der Waals surface area (Å²) in [6, 6.07) is 31.0. The summed E-state index contributed by atoms with van der Waals surface area (Å²) in [6.45, 7) is 2.15. The van der Waals surface area contributed by atoms with Crippen molar-refractivity contribution in [3.8, 4) is 35.2 Å². The summed E-state index contributed by atoms with van der Waals surface area (Å²) < 4.78 is 11.9. The quantitative estimate of drug-likeness (QED) is 0.173. The Hall–Kier alpha value is -4.70. The van der Waals surface area contributed by atoms with E-state index in [9.17, 15) is 0 Å². The highest BCUT2D eigenvalue weighted by Crippen LogP contribution is 2.37. The molecule has 6 rings (SSSR count). The Bertz CT molecular complexity index is 1800. The van der Waals surface area contributed by atoms with Crippen LogP contribution in [0.3, 0.4) is 0 Å². The van der Waals surface area contributed by atoms with Gasteiger partial charge in [-0.15, -0.1) is 11.3 Å². The molecule has 0 atom stereocenters. The maximum absolute atomic E-state index is 5.30. The zero-order valence-corrected chi connectivity index (χ0v) is 22.2. The van der Waals surface area contributed by atoms with Gasteiger partial charge in [0, 0.05) is 37.2 Å². The van der Waals surface area contributed by atoms with Gasteiger partial charge in [0.05, 0.1) is 14.2 Å². The number of hydrogen-bond donors (Lipinski definition) is 0. The highest BCUT2D eigenvalue weighted by atomic mass is 32.1. The Kier molecular flexibility index (Phi) is 6.22. The lowest BCUT2D eigenvalue weighted by Crippen LogP contribution is -1.91. The van der Waals surface area contributed by atoms with Crippen LogP contribution in [0.15, 0.2) is 91.0 Å². The number of methoxy groups -OCH3 is 2. The van der Waals surface area contributed by atoms with Gasteiger partial charge in [-0.2, -0.15) is 0 Å². The number of rotatable bonds is 2. The fourth-order valence-electron chi connectivity index (χ4n) is 4.73. The third kappa shape index (κ3) is 4.46. The fraction of sp³-hybridized carbons (Fsp3) is 0.0857. The van der Waals surface area contributed by atoms with E-state index >= 15 is 0 Å². The van der Waals surface area contributed by atoms with Crippen LogP contribution in [-0.4, -0.2) is 14.2 Å². The molecule has 0 unspecified atom stereocenters. The Morgan fingerprint density at radius 2 is 1.05 bits per heavy atom. The Labute approximate surface area is 226 Å². The van der Waals surface area contributed by atoms with E-state index in [-0.39, 0.29) is 0 Å². The third-order valence-electron chi connectivity index (χ3n) is 6.63. The van der Waals surface area contributed by atoms with Crippen molar-refractivity contribution in [2.75, 3.05) is 14.2 Å². The smallest absolute Gasteiger partial charge is 0.118 e. The minimum atomic E-state index is 0.821. The Balaban J connectivity index is 1.62. The first-order chi connectivity index (χ1) is 18.6. The SMILES string of the molecule is COc1ccc(C#Cc2c3ccccc3c(C#Cc3ccc(OC)cc3)c3cc4sc(C)cc4cc23)cc1. The molecule has 0 saturated carbocycles. The van der Waals surface area contributed by atoms with Crippen molar-refractivity contribution >= 4 is 43.0 Å². The molecular weight excluding hydrogens is 484 g/mol. The van der Waals surface area contributed by atoms with E-state index in [1.807, 2.05) is 59.9 Å². The molecule has 0 saturated heterocycles. The van der Waals surface area contributed by atoms with Gasteiger partial charge in [0.15, 0.2) is 0 Å². The summed E-state index contributed by atoms with van der Waals surface area (Å²) in [7, 11) is 3.34. The molecule has 38 heavy (non-hydrogen) atoms. The second-order valence-corrected chi connectivity index (χ2v) is 10.3. The van der Waals surface area contributed by atoms with Gasteiger partial charge in [-0.25, -0.2) is 0 Å². The van der Waals surface area contributed by atoms with E-state index in [4.69, 9.17) is 9.47 Å². The lowest BCUT2D eigenvalue weighted by atomic mass is 9.91. The second kappa shape index (κ2) is 9.98. The van der Waals surface area contributed by atoms with Crippen molar-refractivity contribution < 1.29 is 9.47 Å². The molecule has 0 aliphatic heterocycles. The van der Waals surface area contributed by atoms with Crippen molar-refractivity contribution in [3.05, 3.63) is 118 Å². The van der Waals surface area contributed by atoms with Gasteiger partial charge in [-0.05, 0) is 95.2 Å². The van der Waals surface area contributed by atoms with Crippen molar-refractivity contribution in [2.45, 2.75) is 6.92 Å². The number of thiophene rings is 1. The van der Waals surface area contributed by atoms with Crippen LogP contribution in [-0.2, 0) is 0 Å². The standard InChI is InChI=1S/C35H24O2S/c1-23-20-26-21-33-31(18-12-24-8-14-27(36-2)15-9-24)29-6-4-5-7-30(29)32(34(33)22-35(26)38-23)19-13-25-10-16-28(37-3)17-11-25/h4-11,14-17,20-22H,1-3H3. The molecule has 3 heteroatoms. The van der Waals surface area contributed by atoms with E-state index in [0.717, 1.165) is 55.3 Å². The van der Waals surface area contributed by atoms with Gasteiger partial charge in [0.25, 0.3) is 0 Å². The molecule has 1 aromatic heterocycles. The van der Waals surface area contributed by atoms with Crippen molar-refractivity contribution in [1.29, 1.82) is 0 Å². The molecule has 1 heterocycles. The number of benzene rings is 5. The maximum Gasteiger partial charge on any atom is 0.118 e. The minimum Gasteiger partial charge on any atom is -0.497 e. The average Bonchev–Trinajstić information content (AvgIpc) is 3.33. The molecule has 5 aromatic carbocycles. The predicted octanol–water partition coefficient (Wildman–Crippen LogP) is 8.33. The number of aryl methyl sites for hydroxylation is 1. The fourth-order valence-corrected chi connectivity index (χ4v) is 5.68. The van der Waals surface area contributed by atoms with Crippen LogP contribution in [0.2, 0.25) is 0 Å². The van der Waals surface area contributed by atoms with E-state index in [2.05, 4.69) is 73.1 Å². The van der Waals surface area contributed by atoms with Crippen molar-refractivity contribution in [3.63, 3.8) is 0 Å². The molecule has 0 amide bonds. The van der Waals surface area contributed by atoms with Gasteiger partial charge in [-0.3, -0.25) is 0 Å². The van der Waals surface area contributed by atoms with Gasteiger partial charge in [0.2, 0.25) is 0 Å². The van der Waals surface area contributed by atoms with E-state index < -0.39 is 0 Å². The Morgan fingerprint density at radius 3 is 1.55 bits per heavy atom. The van der Waals surface area contributed by atoms with Crippen LogP contribution in [0.4, 0.5) is 0 Å². The molecule has 0 radical (unpaired) electrons. The zero-order valence-electron chi connectivity index (χ0n) is 21.4. The lowest BCUT2D eigenvalue weighted by Gasteiger charge is -2.11. The Morgan fingerprint density at radius 1 is 0.553 bits per heavy atom. The van der Waals surface area contributed by atoms with Crippen molar-refractivity contribution in [2.24, 2.45) is 0 Å². The van der Waals surface area contributed by atoms with E-state index in [1.165, 1.54) is 15.0 Å². The summed E-state index contributed by atoms with van der Waals surface area (Å²) in [5, 5.41) is 5.68. The number of hydrogen-bond acceptors (Lipinski definition) is 3. The summed E-state index contributed by atoms with van der Waals surface area (Å²) in [6.07, 6.45) is 0. The summed E-state index contributed by atoms with van der Waals surface area (Å²) in [4.78, 5) is 1.29. The first-order valence-corrected chi connectivity index (χ1v) is 13.2. The molecule has 0 aliphatic rings. The zero-order chi connectivity index (χ0) is 26.1. The molecule has 0 aliphatic carbocycles. The normalized spacial score (nSPS) is 10.6. The maximum atomic E-state index is 5.30. The molecule has 0 spiro atoms. The van der Waals surface area contributed by atoms with Gasteiger partial charge in [-0.1, -0.05) is 47.9 Å².